The lowest BCUT2D eigenvalue weighted by Crippen LogP contribution is -2.25. The second kappa shape index (κ2) is 5.02. The lowest BCUT2D eigenvalue weighted by Gasteiger charge is -2.17. The van der Waals surface area contributed by atoms with Crippen LogP contribution in [0, 0.1) is 5.92 Å². The number of carbonyl (C=O) groups is 1. The summed E-state index contributed by atoms with van der Waals surface area (Å²) in [5, 5.41) is 8.57. The van der Waals surface area contributed by atoms with Crippen LogP contribution in [-0.2, 0) is 4.79 Å². The van der Waals surface area contributed by atoms with E-state index in [-0.39, 0.29) is 6.42 Å². The quantitative estimate of drug-likeness (QED) is 0.708. The Morgan fingerprint density at radius 3 is 2.29 bits per heavy atom. The number of unbranched alkanes of at least 4 members (excludes halogenated alkanes) is 1. The Labute approximate surface area is 80.4 Å². The molecule has 1 N–H and O–H groups in total. The first-order chi connectivity index (χ1) is 6.30. The van der Waals surface area contributed by atoms with E-state index in [4.69, 9.17) is 5.11 Å². The molecule has 1 atom stereocenters. The number of alkyl halides is 3. The average Bonchev–Trinajstić information content (AvgIpc) is 2.02. The molecule has 0 aromatic carbocycles. The minimum Gasteiger partial charge on any atom is -0.481 e. The summed E-state index contributed by atoms with van der Waals surface area (Å²) in [7, 11) is 0. The van der Waals surface area contributed by atoms with Crippen LogP contribution in [0.1, 0.15) is 26.2 Å². The zero-order valence-electron chi connectivity index (χ0n) is 7.90. The highest BCUT2D eigenvalue weighted by atomic mass is 19.4. The maximum Gasteiger partial charge on any atom is 0.412 e. The highest BCUT2D eigenvalue weighted by Crippen LogP contribution is 2.32. The number of hydrogen-bond acceptors (Lipinski definition) is 1. The van der Waals surface area contributed by atoms with Gasteiger partial charge in [-0.2, -0.15) is 13.2 Å². The Bertz CT molecular complexity index is 221. The van der Waals surface area contributed by atoms with E-state index in [0.29, 0.717) is 12.8 Å². The molecule has 0 radical (unpaired) electrons. The molecule has 0 aliphatic carbocycles. The van der Waals surface area contributed by atoms with E-state index in [1.165, 1.54) is 0 Å². The largest absolute Gasteiger partial charge is 0.481 e. The third-order valence-corrected chi connectivity index (χ3v) is 1.93. The first-order valence-electron chi connectivity index (χ1n) is 4.29. The van der Waals surface area contributed by atoms with E-state index in [1.807, 2.05) is 0 Å². The number of hydrogen-bond donors (Lipinski definition) is 1. The topological polar surface area (TPSA) is 37.3 Å². The molecule has 0 heterocycles. The zero-order valence-corrected chi connectivity index (χ0v) is 7.90. The normalized spacial score (nSPS) is 13.7. The zero-order chi connectivity index (χ0) is 11.4. The maximum atomic E-state index is 12.1. The van der Waals surface area contributed by atoms with Crippen molar-refractivity contribution in [2.45, 2.75) is 32.4 Å². The molecular formula is C9H13F3O2. The van der Waals surface area contributed by atoms with Crippen molar-refractivity contribution >= 4 is 5.97 Å². The van der Waals surface area contributed by atoms with E-state index in [1.54, 1.807) is 6.92 Å². The predicted molar refractivity (Wildman–Crippen MR) is 45.8 cm³/mol. The fraction of sp³-hybridized carbons (Fsp3) is 0.667. The van der Waals surface area contributed by atoms with Crippen LogP contribution >= 0.6 is 0 Å². The fourth-order valence-electron chi connectivity index (χ4n) is 1.05. The van der Waals surface area contributed by atoms with Crippen LogP contribution < -0.4 is 0 Å². The van der Waals surface area contributed by atoms with Crippen LogP contribution in [0.25, 0.3) is 0 Å². The second-order valence-corrected chi connectivity index (χ2v) is 3.06. The number of carboxylic acids is 1. The highest BCUT2D eigenvalue weighted by molar-refractivity contribution is 5.73. The third-order valence-electron chi connectivity index (χ3n) is 1.93. The van der Waals surface area contributed by atoms with Gasteiger partial charge in [0.05, 0.1) is 5.92 Å². The summed E-state index contributed by atoms with van der Waals surface area (Å²) < 4.78 is 36.4. The lowest BCUT2D eigenvalue weighted by atomic mass is 9.94. The molecule has 0 saturated carbocycles. The van der Waals surface area contributed by atoms with Gasteiger partial charge in [0.25, 0.3) is 0 Å². The van der Waals surface area contributed by atoms with Crippen molar-refractivity contribution in [1.29, 1.82) is 0 Å². The number of halogens is 3. The van der Waals surface area contributed by atoms with E-state index in [9.17, 15) is 18.0 Å². The summed E-state index contributed by atoms with van der Waals surface area (Å²) in [4.78, 5) is 10.5. The van der Waals surface area contributed by atoms with E-state index in [0.717, 1.165) is 0 Å². The summed E-state index contributed by atoms with van der Waals surface area (Å²) >= 11 is 0. The molecule has 0 aliphatic rings. The van der Waals surface area contributed by atoms with Gasteiger partial charge in [-0.3, -0.25) is 4.79 Å². The highest BCUT2D eigenvalue weighted by Gasteiger charge is 2.39. The molecule has 14 heavy (non-hydrogen) atoms. The summed E-state index contributed by atoms with van der Waals surface area (Å²) in [6.07, 6.45) is -3.51. The minimum atomic E-state index is -4.61. The van der Waals surface area contributed by atoms with E-state index in [2.05, 4.69) is 6.58 Å². The predicted octanol–water partition coefficient (Wildman–Crippen LogP) is 3.00. The minimum absolute atomic E-state index is 0.00975. The van der Waals surface area contributed by atoms with Crippen molar-refractivity contribution in [1.82, 2.24) is 0 Å². The fourth-order valence-corrected chi connectivity index (χ4v) is 1.05. The van der Waals surface area contributed by atoms with Crippen molar-refractivity contribution in [3.05, 3.63) is 12.2 Å². The Hall–Kier alpha value is -1.00. The molecule has 0 aromatic rings. The van der Waals surface area contributed by atoms with Crippen LogP contribution in [-0.4, -0.2) is 17.3 Å². The van der Waals surface area contributed by atoms with Gasteiger partial charge in [-0.25, -0.2) is 0 Å². The Morgan fingerprint density at radius 2 is 2.00 bits per heavy atom. The summed E-state index contributed by atoms with van der Waals surface area (Å²) in [5.74, 6) is -2.96. The maximum absolute atomic E-state index is 12.1. The van der Waals surface area contributed by atoms with Crippen molar-refractivity contribution in [3.8, 4) is 0 Å². The van der Waals surface area contributed by atoms with Crippen LogP contribution in [0.4, 0.5) is 13.2 Å². The summed E-state index contributed by atoms with van der Waals surface area (Å²) in [5.41, 5.74) is -1.17. The molecule has 0 aromatic heterocycles. The number of aliphatic carboxylic acids is 1. The van der Waals surface area contributed by atoms with Gasteiger partial charge in [0.2, 0.25) is 0 Å². The average molecular weight is 210 g/mol. The van der Waals surface area contributed by atoms with Gasteiger partial charge in [-0.1, -0.05) is 26.3 Å². The van der Waals surface area contributed by atoms with Crippen LogP contribution in [0.3, 0.4) is 0 Å². The van der Waals surface area contributed by atoms with Gasteiger partial charge in [-0.15, -0.1) is 0 Å². The monoisotopic (exact) mass is 210 g/mol. The Balaban J connectivity index is 4.50. The Morgan fingerprint density at radius 1 is 1.50 bits per heavy atom. The molecule has 0 bridgehead atoms. The third kappa shape index (κ3) is 3.81. The van der Waals surface area contributed by atoms with E-state index < -0.39 is 23.6 Å². The summed E-state index contributed by atoms with van der Waals surface area (Å²) in [6.45, 7) is 4.58. The number of rotatable bonds is 5. The molecule has 0 saturated heterocycles. The molecule has 0 amide bonds. The molecule has 0 rings (SSSR count). The first kappa shape index (κ1) is 13.0. The van der Waals surface area contributed by atoms with Crippen molar-refractivity contribution < 1.29 is 23.1 Å². The molecule has 2 nitrogen and oxygen atoms in total. The lowest BCUT2D eigenvalue weighted by molar-refractivity contribution is -0.146. The molecule has 82 valence electrons. The first-order valence-corrected chi connectivity index (χ1v) is 4.29. The van der Waals surface area contributed by atoms with Crippen molar-refractivity contribution in [3.63, 3.8) is 0 Å². The van der Waals surface area contributed by atoms with Gasteiger partial charge >= 0.3 is 12.1 Å². The van der Waals surface area contributed by atoms with Crippen LogP contribution in [0.5, 0.6) is 0 Å². The molecule has 0 fully saturated rings. The van der Waals surface area contributed by atoms with Gasteiger partial charge in [0, 0.05) is 5.57 Å². The van der Waals surface area contributed by atoms with Crippen molar-refractivity contribution in [2.75, 3.05) is 0 Å². The van der Waals surface area contributed by atoms with Gasteiger partial charge < -0.3 is 5.11 Å². The second-order valence-electron chi connectivity index (χ2n) is 3.06. The molecule has 1 unspecified atom stereocenters. The molecule has 0 spiro atoms. The van der Waals surface area contributed by atoms with Gasteiger partial charge in [0.1, 0.15) is 0 Å². The smallest absolute Gasteiger partial charge is 0.412 e. The standard InChI is InChI=1S/C9H13F3O2/c1-3-4-5-7(8(13)14)6(2)9(10,11)12/h7H,2-5H2,1H3,(H,13,14). The molecule has 0 aliphatic heterocycles. The Kier molecular flexibility index (Phi) is 4.67. The summed E-state index contributed by atoms with van der Waals surface area (Å²) in [6, 6.07) is 0. The van der Waals surface area contributed by atoms with Gasteiger partial charge in [-0.05, 0) is 6.42 Å². The van der Waals surface area contributed by atoms with E-state index >= 15 is 0 Å². The van der Waals surface area contributed by atoms with Crippen molar-refractivity contribution in [2.24, 2.45) is 5.92 Å². The van der Waals surface area contributed by atoms with Crippen LogP contribution in [0.15, 0.2) is 12.2 Å². The van der Waals surface area contributed by atoms with Crippen LogP contribution in [0.2, 0.25) is 0 Å². The molecule has 5 heteroatoms. The SMILES string of the molecule is C=C(C(CCCC)C(=O)O)C(F)(F)F. The van der Waals surface area contributed by atoms with Gasteiger partial charge in [0.15, 0.2) is 0 Å². The number of carboxylic acid groups (broad SMARTS) is 1. The molecular weight excluding hydrogens is 197 g/mol.